The van der Waals surface area contributed by atoms with Gasteiger partial charge in [0.15, 0.2) is 17.3 Å². The number of para-hydroxylation sites is 1. The number of unbranched alkanes of at least 4 members (excludes halogenated alkanes) is 2. The fourth-order valence-corrected chi connectivity index (χ4v) is 5.13. The Hall–Kier alpha value is -2.01. The summed E-state index contributed by atoms with van der Waals surface area (Å²) in [7, 11) is -3.53. The smallest absolute Gasteiger partial charge is 0.357 e. The van der Waals surface area contributed by atoms with Gasteiger partial charge in [-0.05, 0) is 49.1 Å². The van der Waals surface area contributed by atoms with Gasteiger partial charge in [0, 0.05) is 5.69 Å². The Morgan fingerprint density at radius 1 is 1.00 bits per heavy atom. The predicted molar refractivity (Wildman–Crippen MR) is 119 cm³/mol. The van der Waals surface area contributed by atoms with E-state index in [4.69, 9.17) is 18.5 Å². The number of rotatable bonds is 12. The van der Waals surface area contributed by atoms with E-state index >= 15 is 0 Å². The van der Waals surface area contributed by atoms with E-state index in [1.54, 1.807) is 0 Å². The van der Waals surface area contributed by atoms with Crippen LogP contribution in [0.4, 0.5) is 5.69 Å². The van der Waals surface area contributed by atoms with Gasteiger partial charge in [0.25, 0.3) is 0 Å². The first-order chi connectivity index (χ1) is 14.6. The molecule has 0 amide bonds. The average molecular weight is 433 g/mol. The first-order valence-corrected chi connectivity index (χ1v) is 12.3. The molecule has 0 fully saturated rings. The number of fused-ring (bicyclic) bond motifs is 1. The fourth-order valence-electron chi connectivity index (χ4n) is 3.17. The van der Waals surface area contributed by atoms with Crippen LogP contribution in [0.2, 0.25) is 0 Å². The predicted octanol–water partition coefficient (Wildman–Crippen LogP) is 6.66. The molecule has 0 aromatic heterocycles. The number of aryl methyl sites for hydroxylation is 1. The van der Waals surface area contributed by atoms with Gasteiger partial charge in [0.05, 0.1) is 13.2 Å². The minimum absolute atomic E-state index is 0.187. The maximum atomic E-state index is 14.1. The van der Waals surface area contributed by atoms with Crippen molar-refractivity contribution in [1.29, 1.82) is 0 Å². The van der Waals surface area contributed by atoms with E-state index < -0.39 is 13.4 Å². The Labute approximate surface area is 179 Å². The standard InChI is InChI=1S/C23H32NO5P/c1-4-6-14-28-30(25,29-15-7-5-2)23(24-20-11-9-8-10-18(20)3)19-12-13-21-22(16-19)27-17-26-21/h8-13,16,23-24H,4-7,14-15,17H2,1-3H3. The van der Waals surface area contributed by atoms with Crippen LogP contribution in [0.3, 0.4) is 0 Å². The number of ether oxygens (including phenoxy) is 2. The summed E-state index contributed by atoms with van der Waals surface area (Å²) in [6, 6.07) is 13.5. The van der Waals surface area contributed by atoms with Crippen molar-refractivity contribution in [2.24, 2.45) is 0 Å². The Kier molecular flexibility index (Phi) is 8.20. The quantitative estimate of drug-likeness (QED) is 0.298. The maximum absolute atomic E-state index is 14.1. The minimum atomic E-state index is -3.53. The van der Waals surface area contributed by atoms with Crippen LogP contribution in [0.1, 0.15) is 56.4 Å². The van der Waals surface area contributed by atoms with Crippen LogP contribution in [0.25, 0.3) is 0 Å². The Balaban J connectivity index is 1.98. The van der Waals surface area contributed by atoms with Crippen molar-refractivity contribution in [2.75, 3.05) is 25.3 Å². The molecule has 164 valence electrons. The highest BCUT2D eigenvalue weighted by molar-refractivity contribution is 7.54. The molecular formula is C23H32NO5P. The second kappa shape index (κ2) is 10.9. The average Bonchev–Trinajstić information content (AvgIpc) is 3.21. The molecule has 1 N–H and O–H groups in total. The molecule has 1 atom stereocenters. The SMILES string of the molecule is CCCCOP(=O)(OCCCC)C(Nc1ccccc1C)c1ccc2c(c1)OCO2. The Morgan fingerprint density at radius 2 is 1.67 bits per heavy atom. The lowest BCUT2D eigenvalue weighted by molar-refractivity contribution is 0.174. The highest BCUT2D eigenvalue weighted by Crippen LogP contribution is 2.61. The van der Waals surface area contributed by atoms with Crippen molar-refractivity contribution in [3.63, 3.8) is 0 Å². The lowest BCUT2D eigenvalue weighted by atomic mass is 10.1. The Bertz CT molecular complexity index is 858. The van der Waals surface area contributed by atoms with Crippen LogP contribution in [0, 0.1) is 6.92 Å². The van der Waals surface area contributed by atoms with Crippen LogP contribution < -0.4 is 14.8 Å². The molecule has 1 unspecified atom stereocenters. The first-order valence-electron chi connectivity index (χ1n) is 10.7. The second-order valence-corrected chi connectivity index (χ2v) is 9.50. The van der Waals surface area contributed by atoms with Crippen LogP contribution in [-0.4, -0.2) is 20.0 Å². The van der Waals surface area contributed by atoms with E-state index in [9.17, 15) is 4.57 Å². The third-order valence-electron chi connectivity index (χ3n) is 5.00. The Morgan fingerprint density at radius 3 is 2.33 bits per heavy atom. The molecule has 0 radical (unpaired) electrons. The summed E-state index contributed by atoms with van der Waals surface area (Å²) in [6.07, 6.45) is 3.54. The molecular weight excluding hydrogens is 401 g/mol. The van der Waals surface area contributed by atoms with E-state index in [0.717, 1.165) is 42.5 Å². The molecule has 0 saturated heterocycles. The monoisotopic (exact) mass is 433 g/mol. The molecule has 1 heterocycles. The van der Waals surface area contributed by atoms with Crippen molar-refractivity contribution in [3.05, 3.63) is 53.6 Å². The van der Waals surface area contributed by atoms with Gasteiger partial charge in [0.2, 0.25) is 6.79 Å². The summed E-state index contributed by atoms with van der Waals surface area (Å²) < 4.78 is 37.0. The molecule has 1 aliphatic heterocycles. The summed E-state index contributed by atoms with van der Waals surface area (Å²) in [5.41, 5.74) is 2.72. The first kappa shape index (κ1) is 22.7. The van der Waals surface area contributed by atoms with Gasteiger partial charge in [-0.2, -0.15) is 0 Å². The van der Waals surface area contributed by atoms with Gasteiger partial charge in [-0.15, -0.1) is 0 Å². The van der Waals surface area contributed by atoms with Gasteiger partial charge >= 0.3 is 7.60 Å². The van der Waals surface area contributed by atoms with Crippen LogP contribution in [0.15, 0.2) is 42.5 Å². The lowest BCUT2D eigenvalue weighted by Crippen LogP contribution is -2.16. The van der Waals surface area contributed by atoms with Crippen molar-refractivity contribution >= 4 is 13.3 Å². The number of benzene rings is 2. The third kappa shape index (κ3) is 5.57. The summed E-state index contributed by atoms with van der Waals surface area (Å²) in [6.45, 7) is 7.12. The molecule has 0 saturated carbocycles. The number of hydrogen-bond donors (Lipinski definition) is 1. The molecule has 3 rings (SSSR count). The molecule has 0 bridgehead atoms. The second-order valence-electron chi connectivity index (χ2n) is 7.39. The largest absolute Gasteiger partial charge is 0.454 e. The number of hydrogen-bond acceptors (Lipinski definition) is 6. The summed E-state index contributed by atoms with van der Waals surface area (Å²) >= 11 is 0. The van der Waals surface area contributed by atoms with Crippen LogP contribution in [0.5, 0.6) is 11.5 Å². The number of anilines is 1. The fraction of sp³-hybridized carbons (Fsp3) is 0.478. The number of nitrogens with one attached hydrogen (secondary N) is 1. The van der Waals surface area contributed by atoms with Gasteiger partial charge in [-0.3, -0.25) is 4.57 Å². The highest BCUT2D eigenvalue weighted by Gasteiger charge is 2.38. The zero-order chi connectivity index (χ0) is 21.4. The topological polar surface area (TPSA) is 66.0 Å². The van der Waals surface area contributed by atoms with Crippen LogP contribution in [-0.2, 0) is 13.6 Å². The molecule has 2 aromatic carbocycles. The summed E-state index contributed by atoms with van der Waals surface area (Å²) in [5.74, 6) is 0.654. The van der Waals surface area contributed by atoms with Gasteiger partial charge in [-0.25, -0.2) is 0 Å². The van der Waals surface area contributed by atoms with E-state index in [-0.39, 0.29) is 6.79 Å². The zero-order valence-corrected chi connectivity index (χ0v) is 19.0. The van der Waals surface area contributed by atoms with E-state index in [2.05, 4.69) is 19.2 Å². The van der Waals surface area contributed by atoms with E-state index in [1.165, 1.54) is 0 Å². The van der Waals surface area contributed by atoms with Crippen LogP contribution >= 0.6 is 7.60 Å². The minimum Gasteiger partial charge on any atom is -0.454 e. The molecule has 0 spiro atoms. The van der Waals surface area contributed by atoms with Gasteiger partial charge < -0.3 is 23.8 Å². The lowest BCUT2D eigenvalue weighted by Gasteiger charge is -2.29. The van der Waals surface area contributed by atoms with E-state index in [1.807, 2.05) is 49.4 Å². The molecule has 6 nitrogen and oxygen atoms in total. The molecule has 30 heavy (non-hydrogen) atoms. The van der Waals surface area contributed by atoms with Crippen molar-refractivity contribution < 1.29 is 23.1 Å². The molecule has 7 heteroatoms. The summed E-state index contributed by atoms with van der Waals surface area (Å²) in [5, 5.41) is 3.44. The van der Waals surface area contributed by atoms with Gasteiger partial charge in [0.1, 0.15) is 0 Å². The van der Waals surface area contributed by atoms with Crippen molar-refractivity contribution in [3.8, 4) is 11.5 Å². The van der Waals surface area contributed by atoms with Gasteiger partial charge in [-0.1, -0.05) is 51.0 Å². The highest BCUT2D eigenvalue weighted by atomic mass is 31.2. The summed E-state index contributed by atoms with van der Waals surface area (Å²) in [4.78, 5) is 0. The third-order valence-corrected chi connectivity index (χ3v) is 7.15. The zero-order valence-electron chi connectivity index (χ0n) is 18.1. The molecule has 0 aliphatic carbocycles. The normalized spacial score (nSPS) is 14.0. The van der Waals surface area contributed by atoms with Crippen molar-refractivity contribution in [1.82, 2.24) is 0 Å². The van der Waals surface area contributed by atoms with Crippen molar-refractivity contribution in [2.45, 2.75) is 52.2 Å². The maximum Gasteiger partial charge on any atom is 0.357 e. The molecule has 2 aromatic rings. The van der Waals surface area contributed by atoms with E-state index in [0.29, 0.717) is 24.7 Å². The molecule has 1 aliphatic rings.